The molecule has 2 fully saturated rings. The Labute approximate surface area is 232 Å². The third-order valence-electron chi connectivity index (χ3n) is 7.54. The number of unbranched alkanes of at least 4 members (excludes halogenated alkanes) is 1. The zero-order valence-electron chi connectivity index (χ0n) is 23.7. The van der Waals surface area contributed by atoms with Gasteiger partial charge in [0.15, 0.2) is 0 Å². The highest BCUT2D eigenvalue weighted by Gasteiger charge is 2.42. The molecule has 0 saturated carbocycles. The van der Waals surface area contributed by atoms with E-state index in [1.807, 2.05) is 70.6 Å². The maximum atomic E-state index is 12.7. The maximum absolute atomic E-state index is 12.7. The van der Waals surface area contributed by atoms with Crippen LogP contribution in [0.15, 0.2) is 24.3 Å². The minimum absolute atomic E-state index is 0.0164. The molecule has 2 aliphatic rings. The number of urea groups is 1. The van der Waals surface area contributed by atoms with Crippen molar-refractivity contribution in [3.05, 3.63) is 35.4 Å². The summed E-state index contributed by atoms with van der Waals surface area (Å²) in [4.78, 5) is 36.5. The van der Waals surface area contributed by atoms with Gasteiger partial charge in [-0.2, -0.15) is 11.8 Å². The topological polar surface area (TPSA) is 109 Å². The van der Waals surface area contributed by atoms with Crippen LogP contribution in [0.4, 0.5) is 4.79 Å². The first-order chi connectivity index (χ1) is 17.9. The Hall–Kier alpha value is -2.26. The van der Waals surface area contributed by atoms with Gasteiger partial charge in [-0.25, -0.2) is 4.79 Å². The number of hydrogen-bond acceptors (Lipinski definition) is 5. The summed E-state index contributed by atoms with van der Waals surface area (Å²) in [5.41, 5.74) is 1.36. The van der Waals surface area contributed by atoms with Crippen LogP contribution in [-0.2, 0) is 20.9 Å². The molecule has 1 aromatic rings. The number of rotatable bonds is 15. The highest BCUT2D eigenvalue weighted by atomic mass is 32.2. The number of amides is 4. The molecule has 3 atom stereocenters. The number of carbonyl (C=O) groups excluding carboxylic acids is 3. The van der Waals surface area contributed by atoms with Gasteiger partial charge in [0, 0.05) is 42.5 Å². The van der Waals surface area contributed by atoms with Crippen LogP contribution in [0.25, 0.3) is 0 Å². The Kier molecular flexibility index (Phi) is 10.9. The van der Waals surface area contributed by atoms with Crippen molar-refractivity contribution in [2.75, 3.05) is 18.9 Å². The van der Waals surface area contributed by atoms with Crippen molar-refractivity contribution >= 4 is 29.6 Å². The Morgan fingerprint density at radius 2 is 1.79 bits per heavy atom. The average Bonchev–Trinajstić information content (AvgIpc) is 3.40. The lowest BCUT2D eigenvalue weighted by molar-refractivity contribution is -0.131. The van der Waals surface area contributed by atoms with E-state index in [0.29, 0.717) is 44.2 Å². The molecule has 0 aromatic heterocycles. The Balaban J connectivity index is 1.24. The fraction of sp³-hybridized carbons (Fsp3) is 0.690. The largest absolute Gasteiger partial charge is 0.375 e. The summed E-state index contributed by atoms with van der Waals surface area (Å²) in [6.45, 7) is 11.5. The zero-order chi connectivity index (χ0) is 27.8. The fourth-order valence-corrected chi connectivity index (χ4v) is 6.30. The number of fused-ring (bicyclic) bond motifs is 1. The number of carbonyl (C=O) groups is 3. The molecule has 4 N–H and O–H groups in total. The van der Waals surface area contributed by atoms with E-state index >= 15 is 0 Å². The maximum Gasteiger partial charge on any atom is 0.315 e. The first-order valence-corrected chi connectivity index (χ1v) is 14.9. The summed E-state index contributed by atoms with van der Waals surface area (Å²) in [7, 11) is 0. The van der Waals surface area contributed by atoms with Gasteiger partial charge in [-0.3, -0.25) is 9.59 Å². The van der Waals surface area contributed by atoms with Gasteiger partial charge in [-0.15, -0.1) is 0 Å². The first kappa shape index (κ1) is 30.3. The Morgan fingerprint density at radius 1 is 1.05 bits per heavy atom. The number of thioether (sulfide) groups is 1. The van der Waals surface area contributed by atoms with Crippen molar-refractivity contribution < 1.29 is 19.1 Å². The molecule has 0 radical (unpaired) electrons. The quantitative estimate of drug-likeness (QED) is 0.196. The molecule has 9 heteroatoms. The Bertz CT molecular complexity index is 950. The first-order valence-electron chi connectivity index (χ1n) is 13.9. The van der Waals surface area contributed by atoms with Crippen LogP contribution in [0.2, 0.25) is 0 Å². The third kappa shape index (κ3) is 9.49. The molecule has 0 aliphatic carbocycles. The summed E-state index contributed by atoms with van der Waals surface area (Å²) in [5.74, 6) is 1.05. The fourth-order valence-electron chi connectivity index (χ4n) is 4.76. The van der Waals surface area contributed by atoms with Crippen LogP contribution in [0.5, 0.6) is 0 Å². The SMILES string of the molecule is Cc1ccc(CNC(=O)C(C)(C)CCOC(C)(C)CCNC(=O)CCCC[C@@H]2SC[C@@H]3NC(=O)N[C@@H]32)cc1. The molecule has 2 saturated heterocycles. The number of ether oxygens (including phenoxy) is 1. The summed E-state index contributed by atoms with van der Waals surface area (Å²) in [5, 5.41) is 12.5. The average molecular weight is 547 g/mol. The molecule has 8 nitrogen and oxygen atoms in total. The third-order valence-corrected chi connectivity index (χ3v) is 9.05. The number of benzene rings is 1. The number of nitrogens with one attached hydrogen (secondary N) is 4. The predicted molar refractivity (Wildman–Crippen MR) is 153 cm³/mol. The Morgan fingerprint density at radius 3 is 2.53 bits per heavy atom. The summed E-state index contributed by atoms with van der Waals surface area (Å²) < 4.78 is 6.10. The molecule has 212 valence electrons. The van der Waals surface area contributed by atoms with Gasteiger partial charge in [0.05, 0.1) is 17.7 Å². The van der Waals surface area contributed by atoms with Crippen molar-refractivity contribution in [3.8, 4) is 0 Å². The van der Waals surface area contributed by atoms with Crippen LogP contribution in [0.3, 0.4) is 0 Å². The number of aryl methyl sites for hydroxylation is 1. The van der Waals surface area contributed by atoms with Gasteiger partial charge < -0.3 is 26.0 Å². The molecule has 0 unspecified atom stereocenters. The molecular weight excluding hydrogens is 500 g/mol. The lowest BCUT2D eigenvalue weighted by Crippen LogP contribution is -2.38. The molecule has 38 heavy (non-hydrogen) atoms. The zero-order valence-corrected chi connectivity index (χ0v) is 24.5. The van der Waals surface area contributed by atoms with E-state index in [9.17, 15) is 14.4 Å². The van der Waals surface area contributed by atoms with Crippen LogP contribution >= 0.6 is 11.8 Å². The minimum atomic E-state index is -0.535. The molecule has 0 spiro atoms. The van der Waals surface area contributed by atoms with Crippen molar-refractivity contribution in [3.63, 3.8) is 0 Å². The molecule has 1 aromatic carbocycles. The number of hydrogen-bond donors (Lipinski definition) is 4. The molecule has 3 rings (SSSR count). The van der Waals surface area contributed by atoms with E-state index in [4.69, 9.17) is 4.74 Å². The minimum Gasteiger partial charge on any atom is -0.375 e. The van der Waals surface area contributed by atoms with E-state index in [2.05, 4.69) is 21.3 Å². The smallest absolute Gasteiger partial charge is 0.315 e. The van der Waals surface area contributed by atoms with E-state index in [1.54, 1.807) is 0 Å². The molecule has 2 aliphatic heterocycles. The molecular formula is C29H46N4O4S. The summed E-state index contributed by atoms with van der Waals surface area (Å²) >= 11 is 1.91. The van der Waals surface area contributed by atoms with Crippen molar-refractivity contribution in [2.45, 2.75) is 103 Å². The van der Waals surface area contributed by atoms with E-state index < -0.39 is 11.0 Å². The van der Waals surface area contributed by atoms with Gasteiger partial charge in [-0.05, 0) is 52.0 Å². The monoisotopic (exact) mass is 546 g/mol. The second-order valence-corrected chi connectivity index (χ2v) is 13.2. The van der Waals surface area contributed by atoms with Crippen LogP contribution in [0.1, 0.15) is 77.3 Å². The van der Waals surface area contributed by atoms with Gasteiger partial charge in [-0.1, -0.05) is 50.1 Å². The van der Waals surface area contributed by atoms with E-state index in [0.717, 1.165) is 30.6 Å². The highest BCUT2D eigenvalue weighted by Crippen LogP contribution is 2.33. The molecule has 4 amide bonds. The lowest BCUT2D eigenvalue weighted by atomic mass is 9.88. The van der Waals surface area contributed by atoms with Crippen molar-refractivity contribution in [1.29, 1.82) is 0 Å². The van der Waals surface area contributed by atoms with Crippen LogP contribution in [0, 0.1) is 12.3 Å². The van der Waals surface area contributed by atoms with Gasteiger partial charge >= 0.3 is 6.03 Å². The van der Waals surface area contributed by atoms with Crippen molar-refractivity contribution in [2.24, 2.45) is 5.41 Å². The molecule has 2 heterocycles. The highest BCUT2D eigenvalue weighted by molar-refractivity contribution is 8.00. The standard InChI is InChI=1S/C29H46N4O4S/c1-20-10-12-21(13-11-20)18-31-26(35)28(2,3)15-17-37-29(4,5)14-16-30-24(34)9-7-6-8-23-25-22(19-38-23)32-27(36)33-25/h10-13,22-23,25H,6-9,14-19H2,1-5H3,(H,30,34)(H,31,35)(H2,32,33,36)/t22-,23-,25-/m0/s1. The normalized spacial score (nSPS) is 21.0. The summed E-state index contributed by atoms with van der Waals surface area (Å²) in [6.07, 6.45) is 4.68. The second kappa shape index (κ2) is 13.7. The second-order valence-electron chi connectivity index (χ2n) is 11.9. The van der Waals surface area contributed by atoms with E-state index in [-0.39, 0.29) is 29.9 Å². The van der Waals surface area contributed by atoms with Crippen molar-refractivity contribution in [1.82, 2.24) is 21.3 Å². The van der Waals surface area contributed by atoms with Gasteiger partial charge in [0.1, 0.15) is 0 Å². The summed E-state index contributed by atoms with van der Waals surface area (Å²) in [6, 6.07) is 8.58. The predicted octanol–water partition coefficient (Wildman–Crippen LogP) is 4.05. The van der Waals surface area contributed by atoms with E-state index in [1.165, 1.54) is 5.56 Å². The lowest BCUT2D eigenvalue weighted by Gasteiger charge is -2.29. The van der Waals surface area contributed by atoms with Gasteiger partial charge in [0.25, 0.3) is 0 Å². The van der Waals surface area contributed by atoms with Crippen LogP contribution in [-0.4, -0.2) is 59.7 Å². The molecule has 0 bridgehead atoms. The van der Waals surface area contributed by atoms with Gasteiger partial charge in [0.2, 0.25) is 11.8 Å². The van der Waals surface area contributed by atoms with Crippen LogP contribution < -0.4 is 21.3 Å².